The van der Waals surface area contributed by atoms with Crippen LogP contribution in [0.15, 0.2) is 48.5 Å². The third-order valence-corrected chi connectivity index (χ3v) is 4.49. The summed E-state index contributed by atoms with van der Waals surface area (Å²) in [5.74, 6) is -0.489. The van der Waals surface area contributed by atoms with E-state index in [4.69, 9.17) is 0 Å². The number of β-amino-alcohol motifs (C(OH)–C–C–N with tert-alkyl or cyclic N) is 1. The number of carbonyl (C=O) groups excluding carboxylic acids is 1. The maximum atomic E-state index is 12.9. The molecule has 3 rings (SSSR count). The van der Waals surface area contributed by atoms with Crippen LogP contribution in [-0.2, 0) is 24.2 Å². The molecular formula is C20H23FN2O2. The van der Waals surface area contributed by atoms with Gasteiger partial charge in [0, 0.05) is 26.2 Å². The Morgan fingerprint density at radius 1 is 1.16 bits per heavy atom. The van der Waals surface area contributed by atoms with Crippen LogP contribution < -0.4 is 5.32 Å². The van der Waals surface area contributed by atoms with E-state index < -0.39 is 6.10 Å². The quantitative estimate of drug-likeness (QED) is 0.843. The molecule has 0 radical (unpaired) electrons. The highest BCUT2D eigenvalue weighted by Crippen LogP contribution is 2.18. The molecule has 25 heavy (non-hydrogen) atoms. The van der Waals surface area contributed by atoms with Gasteiger partial charge >= 0.3 is 0 Å². The van der Waals surface area contributed by atoms with E-state index in [-0.39, 0.29) is 24.7 Å². The van der Waals surface area contributed by atoms with Gasteiger partial charge in [-0.2, -0.15) is 0 Å². The predicted molar refractivity (Wildman–Crippen MR) is 94.5 cm³/mol. The van der Waals surface area contributed by atoms with Crippen LogP contribution in [-0.4, -0.2) is 41.7 Å². The molecule has 1 heterocycles. The van der Waals surface area contributed by atoms with Crippen molar-refractivity contribution in [3.8, 4) is 0 Å². The summed E-state index contributed by atoms with van der Waals surface area (Å²) in [6, 6.07) is 14.2. The Hall–Kier alpha value is -2.24. The van der Waals surface area contributed by atoms with Crippen molar-refractivity contribution in [1.29, 1.82) is 0 Å². The smallest absolute Gasteiger partial charge is 0.224 e. The third-order valence-electron chi connectivity index (χ3n) is 4.49. The van der Waals surface area contributed by atoms with Crippen LogP contribution in [0.4, 0.5) is 4.39 Å². The van der Waals surface area contributed by atoms with Crippen LogP contribution in [0.25, 0.3) is 0 Å². The molecule has 4 nitrogen and oxygen atoms in total. The number of fused-ring (bicyclic) bond motifs is 1. The van der Waals surface area contributed by atoms with Gasteiger partial charge in [-0.1, -0.05) is 36.4 Å². The first-order valence-corrected chi connectivity index (χ1v) is 8.58. The van der Waals surface area contributed by atoms with Crippen LogP contribution in [0.2, 0.25) is 0 Å². The number of hydrogen-bond donors (Lipinski definition) is 2. The van der Waals surface area contributed by atoms with Gasteiger partial charge in [0.05, 0.1) is 12.5 Å². The summed E-state index contributed by atoms with van der Waals surface area (Å²) in [6.45, 7) is 2.50. The zero-order valence-electron chi connectivity index (χ0n) is 14.1. The largest absolute Gasteiger partial charge is 0.390 e. The van der Waals surface area contributed by atoms with Crippen LogP contribution in [0.1, 0.15) is 16.7 Å². The molecule has 132 valence electrons. The van der Waals surface area contributed by atoms with Crippen molar-refractivity contribution in [1.82, 2.24) is 10.2 Å². The minimum atomic E-state index is -0.609. The molecule has 2 N–H and O–H groups in total. The lowest BCUT2D eigenvalue weighted by Gasteiger charge is -2.30. The van der Waals surface area contributed by atoms with Gasteiger partial charge in [-0.15, -0.1) is 0 Å². The number of nitrogens with one attached hydrogen (secondary N) is 1. The monoisotopic (exact) mass is 342 g/mol. The second kappa shape index (κ2) is 8.23. The Kier molecular flexibility index (Phi) is 5.79. The third kappa shape index (κ3) is 5.11. The summed E-state index contributed by atoms with van der Waals surface area (Å²) in [6.07, 6.45) is 0.562. The number of nitrogens with zero attached hydrogens (tertiary/aromatic N) is 1. The molecule has 1 atom stereocenters. The lowest BCUT2D eigenvalue weighted by Crippen LogP contribution is -2.42. The SMILES string of the molecule is O=C(Cc1ccc(F)cc1)NCC(O)CN1CCc2ccccc2C1. The average Bonchev–Trinajstić information content (AvgIpc) is 2.62. The summed E-state index contributed by atoms with van der Waals surface area (Å²) >= 11 is 0. The number of aliphatic hydroxyl groups excluding tert-OH is 1. The number of carbonyl (C=O) groups is 1. The van der Waals surface area contributed by atoms with E-state index in [1.807, 2.05) is 6.07 Å². The van der Waals surface area contributed by atoms with Crippen molar-refractivity contribution in [2.75, 3.05) is 19.6 Å². The van der Waals surface area contributed by atoms with Crippen LogP contribution in [0, 0.1) is 5.82 Å². The van der Waals surface area contributed by atoms with Gasteiger partial charge in [0.25, 0.3) is 0 Å². The van der Waals surface area contributed by atoms with E-state index in [0.29, 0.717) is 6.54 Å². The predicted octanol–water partition coefficient (Wildman–Crippen LogP) is 1.90. The van der Waals surface area contributed by atoms with Crippen molar-refractivity contribution in [3.05, 3.63) is 71.0 Å². The first-order valence-electron chi connectivity index (χ1n) is 8.58. The van der Waals surface area contributed by atoms with Crippen molar-refractivity contribution in [2.24, 2.45) is 0 Å². The molecule has 1 aliphatic rings. The van der Waals surface area contributed by atoms with E-state index >= 15 is 0 Å². The Morgan fingerprint density at radius 2 is 1.88 bits per heavy atom. The average molecular weight is 342 g/mol. The van der Waals surface area contributed by atoms with E-state index in [1.165, 1.54) is 23.3 Å². The molecule has 0 fully saturated rings. The molecule has 0 aliphatic carbocycles. The molecule has 0 bridgehead atoms. The van der Waals surface area contributed by atoms with Gasteiger partial charge in [-0.25, -0.2) is 4.39 Å². The molecule has 1 unspecified atom stereocenters. The first kappa shape index (κ1) is 17.6. The minimum absolute atomic E-state index is 0.172. The summed E-state index contributed by atoms with van der Waals surface area (Å²) in [5, 5.41) is 12.9. The van der Waals surface area contributed by atoms with Crippen LogP contribution in [0.5, 0.6) is 0 Å². The normalized spacial score (nSPS) is 15.4. The number of benzene rings is 2. The summed E-state index contributed by atoms with van der Waals surface area (Å²) in [7, 11) is 0. The highest BCUT2D eigenvalue weighted by Gasteiger charge is 2.18. The standard InChI is InChI=1S/C20H23FN2O2/c21-18-7-5-15(6-8-18)11-20(25)22-12-19(24)14-23-10-9-16-3-1-2-4-17(16)13-23/h1-8,19,24H,9-14H2,(H,22,25). The Balaban J connectivity index is 1.41. The van der Waals surface area contributed by atoms with Crippen LogP contribution >= 0.6 is 0 Å². The van der Waals surface area contributed by atoms with E-state index in [0.717, 1.165) is 25.1 Å². The number of aliphatic hydroxyl groups is 1. The molecule has 1 amide bonds. The van der Waals surface area contributed by atoms with Crippen molar-refractivity contribution in [3.63, 3.8) is 0 Å². The van der Waals surface area contributed by atoms with Crippen molar-refractivity contribution < 1.29 is 14.3 Å². The minimum Gasteiger partial charge on any atom is -0.390 e. The summed E-state index contributed by atoms with van der Waals surface area (Å²) < 4.78 is 12.9. The maximum Gasteiger partial charge on any atom is 0.224 e. The number of rotatable bonds is 6. The lowest BCUT2D eigenvalue weighted by molar-refractivity contribution is -0.121. The lowest BCUT2D eigenvalue weighted by atomic mass is 10.00. The number of hydrogen-bond acceptors (Lipinski definition) is 3. The van der Waals surface area contributed by atoms with Crippen molar-refractivity contribution >= 4 is 5.91 Å². The molecule has 0 spiro atoms. The van der Waals surface area contributed by atoms with Gasteiger partial charge in [0.1, 0.15) is 5.82 Å². The molecular weight excluding hydrogens is 319 g/mol. The highest BCUT2D eigenvalue weighted by molar-refractivity contribution is 5.78. The van der Waals surface area contributed by atoms with E-state index in [2.05, 4.69) is 28.4 Å². The molecule has 0 saturated carbocycles. The molecule has 1 aliphatic heterocycles. The highest BCUT2D eigenvalue weighted by atomic mass is 19.1. The topological polar surface area (TPSA) is 52.6 Å². The van der Waals surface area contributed by atoms with Gasteiger partial charge in [0.15, 0.2) is 0 Å². The fraction of sp³-hybridized carbons (Fsp3) is 0.350. The van der Waals surface area contributed by atoms with Gasteiger partial charge in [-0.05, 0) is 35.2 Å². The molecule has 2 aromatic carbocycles. The second-order valence-electron chi connectivity index (χ2n) is 6.51. The summed E-state index contributed by atoms with van der Waals surface area (Å²) in [4.78, 5) is 14.1. The Labute approximate surface area is 147 Å². The fourth-order valence-electron chi connectivity index (χ4n) is 3.15. The van der Waals surface area contributed by atoms with E-state index in [9.17, 15) is 14.3 Å². The van der Waals surface area contributed by atoms with Crippen LogP contribution in [0.3, 0.4) is 0 Å². The Bertz CT molecular complexity index is 718. The summed E-state index contributed by atoms with van der Waals surface area (Å²) in [5.41, 5.74) is 3.43. The molecule has 5 heteroatoms. The van der Waals surface area contributed by atoms with Gasteiger partial charge in [-0.3, -0.25) is 9.69 Å². The Morgan fingerprint density at radius 3 is 2.64 bits per heavy atom. The molecule has 0 aromatic heterocycles. The number of amides is 1. The van der Waals surface area contributed by atoms with Gasteiger partial charge in [0.2, 0.25) is 5.91 Å². The molecule has 0 saturated heterocycles. The zero-order valence-corrected chi connectivity index (χ0v) is 14.1. The van der Waals surface area contributed by atoms with Crippen molar-refractivity contribution in [2.45, 2.75) is 25.5 Å². The molecule has 2 aromatic rings. The van der Waals surface area contributed by atoms with E-state index in [1.54, 1.807) is 12.1 Å². The maximum absolute atomic E-state index is 12.9. The fourth-order valence-corrected chi connectivity index (χ4v) is 3.15. The number of halogens is 1. The zero-order chi connectivity index (χ0) is 17.6. The first-order chi connectivity index (χ1) is 12.1. The van der Waals surface area contributed by atoms with Gasteiger partial charge < -0.3 is 10.4 Å². The second-order valence-corrected chi connectivity index (χ2v) is 6.51.